The minimum atomic E-state index is -3.43. The van der Waals surface area contributed by atoms with Crippen LogP contribution in [0, 0.1) is 19.8 Å². The monoisotopic (exact) mass is 340 g/mol. The van der Waals surface area contributed by atoms with Gasteiger partial charge in [-0.3, -0.25) is 0 Å². The molecule has 1 atom stereocenters. The van der Waals surface area contributed by atoms with E-state index >= 15 is 0 Å². The molecule has 2 rings (SSSR count). The first-order chi connectivity index (χ1) is 10.8. The Bertz CT molecular complexity index is 602. The number of nitrogens with one attached hydrogen (secondary N) is 1. The fourth-order valence-corrected chi connectivity index (χ4v) is 4.24. The molecule has 1 aromatic rings. The van der Waals surface area contributed by atoms with Gasteiger partial charge < -0.3 is 4.74 Å². The molecule has 6 heteroatoms. The van der Waals surface area contributed by atoms with Gasteiger partial charge in [-0.2, -0.15) is 17.4 Å². The van der Waals surface area contributed by atoms with Crippen LogP contribution >= 0.6 is 0 Å². The Kier molecular flexibility index (Phi) is 6.06. The number of para-hydroxylation sites is 1. The van der Waals surface area contributed by atoms with E-state index in [0.29, 0.717) is 25.6 Å². The van der Waals surface area contributed by atoms with E-state index in [1.54, 1.807) is 4.31 Å². The first-order valence-electron chi connectivity index (χ1n) is 8.26. The van der Waals surface area contributed by atoms with Crippen LogP contribution in [0.5, 0.6) is 5.75 Å². The Morgan fingerprint density at radius 2 is 1.83 bits per heavy atom. The van der Waals surface area contributed by atoms with Gasteiger partial charge in [-0.05, 0) is 50.7 Å². The van der Waals surface area contributed by atoms with E-state index in [0.717, 1.165) is 29.7 Å². The molecule has 0 unspecified atom stereocenters. The zero-order valence-corrected chi connectivity index (χ0v) is 15.3. The minimum Gasteiger partial charge on any atom is -0.491 e. The van der Waals surface area contributed by atoms with Gasteiger partial charge in [-0.1, -0.05) is 25.1 Å². The molecule has 5 nitrogen and oxygen atoms in total. The zero-order chi connectivity index (χ0) is 17.0. The molecule has 23 heavy (non-hydrogen) atoms. The van der Waals surface area contributed by atoms with Crippen LogP contribution in [-0.4, -0.2) is 38.5 Å². The molecule has 130 valence electrons. The zero-order valence-electron chi connectivity index (χ0n) is 14.5. The summed E-state index contributed by atoms with van der Waals surface area (Å²) in [4.78, 5) is 0. The summed E-state index contributed by atoms with van der Waals surface area (Å²) in [6, 6.07) is 5.69. The Hall–Kier alpha value is -1.11. The molecule has 0 saturated carbocycles. The summed E-state index contributed by atoms with van der Waals surface area (Å²) in [6.07, 6.45) is 1.85. The molecule has 0 radical (unpaired) electrons. The van der Waals surface area contributed by atoms with Gasteiger partial charge in [0.1, 0.15) is 12.4 Å². The van der Waals surface area contributed by atoms with Crippen molar-refractivity contribution in [1.29, 1.82) is 0 Å². The summed E-state index contributed by atoms with van der Waals surface area (Å²) in [6.45, 7) is 9.49. The summed E-state index contributed by atoms with van der Waals surface area (Å²) >= 11 is 0. The summed E-state index contributed by atoms with van der Waals surface area (Å²) in [7, 11) is -3.43. The third-order valence-electron chi connectivity index (χ3n) is 4.32. The van der Waals surface area contributed by atoms with Crippen LogP contribution in [0.2, 0.25) is 0 Å². The van der Waals surface area contributed by atoms with E-state index in [1.807, 2.05) is 39.0 Å². The van der Waals surface area contributed by atoms with Crippen molar-refractivity contribution < 1.29 is 13.2 Å². The van der Waals surface area contributed by atoms with Crippen molar-refractivity contribution in [1.82, 2.24) is 9.03 Å². The van der Waals surface area contributed by atoms with Crippen molar-refractivity contribution in [3.05, 3.63) is 29.3 Å². The van der Waals surface area contributed by atoms with Crippen LogP contribution in [0.25, 0.3) is 0 Å². The molecule has 0 bridgehead atoms. The van der Waals surface area contributed by atoms with Gasteiger partial charge in [-0.15, -0.1) is 0 Å². The highest BCUT2D eigenvalue weighted by Gasteiger charge is 2.27. The second-order valence-corrected chi connectivity index (χ2v) is 8.34. The van der Waals surface area contributed by atoms with Crippen LogP contribution < -0.4 is 9.46 Å². The summed E-state index contributed by atoms with van der Waals surface area (Å²) in [5.74, 6) is 1.44. The largest absolute Gasteiger partial charge is 0.491 e. The molecule has 1 heterocycles. The fourth-order valence-electron chi connectivity index (χ4n) is 2.82. The molecule has 1 aromatic carbocycles. The maximum atomic E-state index is 12.4. The van der Waals surface area contributed by atoms with Crippen LogP contribution in [0.15, 0.2) is 18.2 Å². The maximum Gasteiger partial charge on any atom is 0.279 e. The number of hydrogen-bond acceptors (Lipinski definition) is 3. The van der Waals surface area contributed by atoms with Crippen LogP contribution in [0.3, 0.4) is 0 Å². The molecule has 1 saturated heterocycles. The molecular formula is C17H28N2O3S. The van der Waals surface area contributed by atoms with E-state index in [9.17, 15) is 8.42 Å². The average molecular weight is 340 g/mol. The molecule has 0 aliphatic carbocycles. The molecule has 0 amide bonds. The summed E-state index contributed by atoms with van der Waals surface area (Å²) < 4.78 is 34.9. The number of ether oxygens (including phenoxy) is 1. The lowest BCUT2D eigenvalue weighted by Crippen LogP contribution is -2.48. The smallest absolute Gasteiger partial charge is 0.279 e. The summed E-state index contributed by atoms with van der Waals surface area (Å²) in [5, 5.41) is 0. The first-order valence-corrected chi connectivity index (χ1v) is 9.70. The van der Waals surface area contributed by atoms with Gasteiger partial charge in [0.2, 0.25) is 0 Å². The van der Waals surface area contributed by atoms with E-state index in [1.165, 1.54) is 0 Å². The predicted octanol–water partition coefficient (Wildman–Crippen LogP) is 2.64. The lowest BCUT2D eigenvalue weighted by Gasteiger charge is -2.30. The van der Waals surface area contributed by atoms with E-state index < -0.39 is 10.2 Å². The number of rotatable bonds is 6. The van der Waals surface area contributed by atoms with Crippen LogP contribution in [0.4, 0.5) is 0 Å². The second-order valence-electron chi connectivity index (χ2n) is 6.64. The second kappa shape index (κ2) is 7.64. The van der Waals surface area contributed by atoms with Crippen molar-refractivity contribution in [3.8, 4) is 5.75 Å². The van der Waals surface area contributed by atoms with Crippen molar-refractivity contribution in [2.75, 3.05) is 19.7 Å². The van der Waals surface area contributed by atoms with Crippen molar-refractivity contribution in [2.45, 2.75) is 46.6 Å². The minimum absolute atomic E-state index is 0.279. The Morgan fingerprint density at radius 3 is 2.39 bits per heavy atom. The third kappa shape index (κ3) is 4.93. The Morgan fingerprint density at radius 1 is 1.26 bits per heavy atom. The quantitative estimate of drug-likeness (QED) is 0.866. The molecular weight excluding hydrogens is 312 g/mol. The third-order valence-corrected chi connectivity index (χ3v) is 6.06. The fraction of sp³-hybridized carbons (Fsp3) is 0.647. The van der Waals surface area contributed by atoms with E-state index in [4.69, 9.17) is 4.74 Å². The Balaban J connectivity index is 1.90. The molecule has 1 aliphatic heterocycles. The maximum absolute atomic E-state index is 12.4. The van der Waals surface area contributed by atoms with Gasteiger partial charge >= 0.3 is 0 Å². The van der Waals surface area contributed by atoms with Gasteiger partial charge in [0.05, 0.1) is 6.04 Å². The van der Waals surface area contributed by atoms with Crippen molar-refractivity contribution in [2.24, 2.45) is 5.92 Å². The standard InChI is InChI=1S/C17H28N2O3S/c1-13-8-10-19(11-9-13)23(20,21)18-16(4)12-22-17-14(2)6-5-7-15(17)3/h5-7,13,16,18H,8-12H2,1-4H3/t16-/m0/s1. The number of nitrogens with zero attached hydrogens (tertiary/aromatic N) is 1. The molecule has 1 fully saturated rings. The molecule has 1 aliphatic rings. The lowest BCUT2D eigenvalue weighted by atomic mass is 10.0. The molecule has 0 aromatic heterocycles. The topological polar surface area (TPSA) is 58.6 Å². The highest BCUT2D eigenvalue weighted by molar-refractivity contribution is 7.87. The average Bonchev–Trinajstić information content (AvgIpc) is 2.46. The van der Waals surface area contributed by atoms with Gasteiger partial charge in [0.25, 0.3) is 10.2 Å². The normalized spacial score (nSPS) is 18.8. The SMILES string of the molecule is Cc1cccc(C)c1OC[C@H](C)NS(=O)(=O)N1CCC(C)CC1. The highest BCUT2D eigenvalue weighted by atomic mass is 32.2. The predicted molar refractivity (Wildman–Crippen MR) is 92.9 cm³/mol. The first kappa shape index (κ1) is 18.2. The summed E-state index contributed by atoms with van der Waals surface area (Å²) in [5.41, 5.74) is 2.12. The van der Waals surface area contributed by atoms with Crippen molar-refractivity contribution >= 4 is 10.2 Å². The number of aryl methyl sites for hydroxylation is 2. The van der Waals surface area contributed by atoms with Crippen LogP contribution in [-0.2, 0) is 10.2 Å². The number of hydrogen-bond donors (Lipinski definition) is 1. The molecule has 1 N–H and O–H groups in total. The van der Waals surface area contributed by atoms with E-state index in [-0.39, 0.29) is 6.04 Å². The molecule has 0 spiro atoms. The van der Waals surface area contributed by atoms with Crippen LogP contribution in [0.1, 0.15) is 37.8 Å². The number of benzene rings is 1. The van der Waals surface area contributed by atoms with Gasteiger partial charge in [0, 0.05) is 13.1 Å². The van der Waals surface area contributed by atoms with Gasteiger partial charge in [-0.25, -0.2) is 0 Å². The van der Waals surface area contributed by atoms with Crippen molar-refractivity contribution in [3.63, 3.8) is 0 Å². The van der Waals surface area contributed by atoms with E-state index in [2.05, 4.69) is 11.6 Å². The lowest BCUT2D eigenvalue weighted by molar-refractivity contribution is 0.266. The van der Waals surface area contributed by atoms with Gasteiger partial charge in [0.15, 0.2) is 0 Å². The Labute approximate surface area is 140 Å². The highest BCUT2D eigenvalue weighted by Crippen LogP contribution is 2.22. The number of piperidine rings is 1.